The minimum absolute atomic E-state index is 0.0142. The number of carbonyl (C=O) groups is 2. The van der Waals surface area contributed by atoms with Gasteiger partial charge >= 0.3 is 0 Å². The Morgan fingerprint density at radius 3 is 2.05 bits per heavy atom. The predicted octanol–water partition coefficient (Wildman–Crippen LogP) is 2.82. The van der Waals surface area contributed by atoms with E-state index < -0.39 is 6.04 Å². The van der Waals surface area contributed by atoms with Gasteiger partial charge in [0.15, 0.2) is 0 Å². The molecule has 4 atom stereocenters. The van der Waals surface area contributed by atoms with E-state index in [0.717, 1.165) is 6.42 Å². The van der Waals surface area contributed by atoms with Crippen LogP contribution in [0.3, 0.4) is 0 Å². The van der Waals surface area contributed by atoms with Gasteiger partial charge in [-0.15, -0.1) is 0 Å². The van der Waals surface area contributed by atoms with Gasteiger partial charge in [-0.05, 0) is 24.2 Å². The number of hydrogen-bond donors (Lipinski definition) is 1. The van der Waals surface area contributed by atoms with E-state index in [2.05, 4.69) is 26.1 Å². The lowest BCUT2D eigenvalue weighted by Gasteiger charge is -2.48. The highest BCUT2D eigenvalue weighted by Crippen LogP contribution is 2.30. The van der Waals surface area contributed by atoms with Gasteiger partial charge in [0.2, 0.25) is 11.8 Å². The molecule has 1 heterocycles. The van der Waals surface area contributed by atoms with Crippen molar-refractivity contribution in [3.8, 4) is 0 Å². The molecular weight excluding hydrogens is 264 g/mol. The minimum Gasteiger partial charge on any atom is -0.342 e. The molecule has 4 nitrogen and oxygen atoms in total. The summed E-state index contributed by atoms with van der Waals surface area (Å²) in [5, 5.41) is 2.95. The summed E-state index contributed by atoms with van der Waals surface area (Å²) >= 11 is 0. The highest BCUT2D eigenvalue weighted by atomic mass is 16.2. The van der Waals surface area contributed by atoms with E-state index in [4.69, 9.17) is 0 Å². The molecule has 0 radical (unpaired) electrons. The normalized spacial score (nSPS) is 26.8. The zero-order chi connectivity index (χ0) is 16.5. The molecule has 0 aromatic rings. The van der Waals surface area contributed by atoms with E-state index in [0.29, 0.717) is 5.92 Å². The molecule has 1 N–H and O–H groups in total. The first-order valence-corrected chi connectivity index (χ1v) is 8.14. The number of nitrogens with zero attached hydrogens (tertiary/aromatic N) is 1. The van der Waals surface area contributed by atoms with Crippen LogP contribution in [0.2, 0.25) is 0 Å². The van der Waals surface area contributed by atoms with Crippen LogP contribution in [0.1, 0.15) is 61.8 Å². The molecule has 1 aliphatic rings. The topological polar surface area (TPSA) is 49.4 Å². The first-order valence-electron chi connectivity index (χ1n) is 8.14. The van der Waals surface area contributed by atoms with E-state index in [-0.39, 0.29) is 35.2 Å². The van der Waals surface area contributed by atoms with Crippen molar-refractivity contribution in [2.75, 3.05) is 0 Å². The summed E-state index contributed by atoms with van der Waals surface area (Å²) in [4.78, 5) is 27.4. The van der Waals surface area contributed by atoms with Crippen LogP contribution < -0.4 is 5.32 Å². The molecule has 21 heavy (non-hydrogen) atoms. The third-order valence-electron chi connectivity index (χ3n) is 4.76. The van der Waals surface area contributed by atoms with Crippen molar-refractivity contribution < 1.29 is 9.59 Å². The quantitative estimate of drug-likeness (QED) is 0.867. The minimum atomic E-state index is -0.438. The molecular formula is C17H32N2O2. The van der Waals surface area contributed by atoms with Crippen LogP contribution in [0.15, 0.2) is 0 Å². The summed E-state index contributed by atoms with van der Waals surface area (Å²) < 4.78 is 0. The van der Waals surface area contributed by atoms with Crippen molar-refractivity contribution in [2.45, 2.75) is 79.9 Å². The molecule has 0 aromatic heterocycles. The first-order chi connectivity index (χ1) is 9.52. The van der Waals surface area contributed by atoms with Crippen molar-refractivity contribution in [3.05, 3.63) is 0 Å². The fraction of sp³-hybridized carbons (Fsp3) is 0.882. The molecule has 4 unspecified atom stereocenters. The molecule has 1 aliphatic heterocycles. The molecule has 1 fully saturated rings. The van der Waals surface area contributed by atoms with Crippen molar-refractivity contribution in [2.24, 2.45) is 17.3 Å². The van der Waals surface area contributed by atoms with E-state index in [9.17, 15) is 9.59 Å². The Labute approximate surface area is 129 Å². The lowest BCUT2D eigenvalue weighted by atomic mass is 9.81. The maximum absolute atomic E-state index is 13.0. The zero-order valence-electron chi connectivity index (χ0n) is 14.9. The molecule has 0 aliphatic carbocycles. The molecule has 0 saturated carbocycles. The molecule has 1 saturated heterocycles. The summed E-state index contributed by atoms with van der Waals surface area (Å²) in [5.74, 6) is 0.538. The summed E-state index contributed by atoms with van der Waals surface area (Å²) in [6, 6.07) is -0.725. The molecule has 2 amide bonds. The highest BCUT2D eigenvalue weighted by molar-refractivity contribution is 5.97. The Bertz CT molecular complexity index is 398. The Balaban J connectivity index is 3.21. The van der Waals surface area contributed by atoms with Gasteiger partial charge in [-0.2, -0.15) is 0 Å². The fourth-order valence-corrected chi connectivity index (χ4v) is 2.98. The summed E-state index contributed by atoms with van der Waals surface area (Å²) in [5.41, 5.74) is -0.276. The Morgan fingerprint density at radius 2 is 1.67 bits per heavy atom. The SMILES string of the molecule is CCC(C)C(C)N1C(=O)C(C(C)(C)C)NC(=O)C1C(C)C. The van der Waals surface area contributed by atoms with Crippen LogP contribution in [0, 0.1) is 17.3 Å². The second-order valence-electron chi connectivity index (χ2n) is 7.87. The molecule has 122 valence electrons. The van der Waals surface area contributed by atoms with Crippen LogP contribution in [-0.4, -0.2) is 34.8 Å². The fourth-order valence-electron chi connectivity index (χ4n) is 2.98. The van der Waals surface area contributed by atoms with Crippen LogP contribution in [-0.2, 0) is 9.59 Å². The van der Waals surface area contributed by atoms with Crippen LogP contribution in [0.5, 0.6) is 0 Å². The number of nitrogens with one attached hydrogen (secondary N) is 1. The van der Waals surface area contributed by atoms with Crippen LogP contribution in [0.25, 0.3) is 0 Å². The van der Waals surface area contributed by atoms with Gasteiger partial charge < -0.3 is 10.2 Å². The molecule has 0 aromatic carbocycles. The largest absolute Gasteiger partial charge is 0.342 e. The van der Waals surface area contributed by atoms with Crippen LogP contribution >= 0.6 is 0 Å². The number of amides is 2. The monoisotopic (exact) mass is 296 g/mol. The Kier molecular flexibility index (Phi) is 5.46. The third-order valence-corrected chi connectivity index (χ3v) is 4.76. The molecule has 0 spiro atoms. The second kappa shape index (κ2) is 6.37. The lowest BCUT2D eigenvalue weighted by Crippen LogP contribution is -2.70. The lowest BCUT2D eigenvalue weighted by molar-refractivity contribution is -0.158. The Hall–Kier alpha value is -1.06. The van der Waals surface area contributed by atoms with Gasteiger partial charge in [0.05, 0.1) is 0 Å². The number of piperazine rings is 1. The average molecular weight is 296 g/mol. The standard InChI is InChI=1S/C17H32N2O2/c1-9-11(4)12(5)19-13(10(2)3)15(20)18-14(16(19)21)17(6,7)8/h10-14H,9H2,1-8H3,(H,18,20). The van der Waals surface area contributed by atoms with Gasteiger partial charge in [0.25, 0.3) is 0 Å². The van der Waals surface area contributed by atoms with Crippen molar-refractivity contribution in [1.29, 1.82) is 0 Å². The van der Waals surface area contributed by atoms with E-state index in [1.54, 1.807) is 0 Å². The average Bonchev–Trinajstić information content (AvgIpc) is 2.36. The highest BCUT2D eigenvalue weighted by Gasteiger charge is 2.48. The third kappa shape index (κ3) is 3.58. The van der Waals surface area contributed by atoms with Gasteiger partial charge in [-0.1, -0.05) is 54.9 Å². The molecule has 1 rings (SSSR count). The summed E-state index contributed by atoms with van der Waals surface area (Å²) in [6.07, 6.45) is 0.998. The van der Waals surface area contributed by atoms with Crippen molar-refractivity contribution in [3.63, 3.8) is 0 Å². The smallest absolute Gasteiger partial charge is 0.246 e. The van der Waals surface area contributed by atoms with Gasteiger partial charge in [-0.3, -0.25) is 9.59 Å². The summed E-state index contributed by atoms with van der Waals surface area (Å²) in [6.45, 7) is 16.3. The zero-order valence-corrected chi connectivity index (χ0v) is 14.9. The van der Waals surface area contributed by atoms with Gasteiger partial charge in [-0.25, -0.2) is 0 Å². The number of carbonyl (C=O) groups excluding carboxylic acids is 2. The van der Waals surface area contributed by atoms with Gasteiger partial charge in [0.1, 0.15) is 12.1 Å². The predicted molar refractivity (Wildman–Crippen MR) is 85.8 cm³/mol. The number of rotatable bonds is 4. The first kappa shape index (κ1) is 18.0. The Morgan fingerprint density at radius 1 is 1.14 bits per heavy atom. The summed E-state index contributed by atoms with van der Waals surface area (Å²) in [7, 11) is 0. The maximum atomic E-state index is 13.0. The number of hydrogen-bond acceptors (Lipinski definition) is 2. The second-order valence-corrected chi connectivity index (χ2v) is 7.87. The molecule has 0 bridgehead atoms. The van der Waals surface area contributed by atoms with Crippen molar-refractivity contribution >= 4 is 11.8 Å². The maximum Gasteiger partial charge on any atom is 0.246 e. The van der Waals surface area contributed by atoms with Crippen LogP contribution in [0.4, 0.5) is 0 Å². The van der Waals surface area contributed by atoms with Crippen molar-refractivity contribution in [1.82, 2.24) is 10.2 Å². The van der Waals surface area contributed by atoms with Gasteiger partial charge in [0, 0.05) is 6.04 Å². The molecule has 4 heteroatoms. The van der Waals surface area contributed by atoms with E-state index >= 15 is 0 Å². The van der Waals surface area contributed by atoms with E-state index in [1.165, 1.54) is 0 Å². The van der Waals surface area contributed by atoms with E-state index in [1.807, 2.05) is 39.5 Å².